The second-order valence-corrected chi connectivity index (χ2v) is 2.81. The first-order valence-electron chi connectivity index (χ1n) is 3.90. The summed E-state index contributed by atoms with van der Waals surface area (Å²) in [6.45, 7) is 0.638. The van der Waals surface area contributed by atoms with Gasteiger partial charge in [-0.2, -0.15) is 0 Å². The number of hydrogen-bond donors (Lipinski definition) is 2. The molecule has 2 N–H and O–H groups in total. The molecule has 3 nitrogen and oxygen atoms in total. The highest BCUT2D eigenvalue weighted by Gasteiger charge is 2.22. The van der Waals surface area contributed by atoms with Crippen molar-refractivity contribution in [3.63, 3.8) is 0 Å². The van der Waals surface area contributed by atoms with Gasteiger partial charge in [-0.15, -0.1) is 0 Å². The third kappa shape index (κ3) is 1.09. The molecule has 0 atom stereocenters. The van der Waals surface area contributed by atoms with Gasteiger partial charge in [0.2, 0.25) is 0 Å². The van der Waals surface area contributed by atoms with Crippen molar-refractivity contribution in [3.05, 3.63) is 23.8 Å². The largest absolute Gasteiger partial charge is 0.493 e. The Morgan fingerprint density at radius 1 is 1.33 bits per heavy atom. The van der Waals surface area contributed by atoms with Crippen molar-refractivity contribution in [2.45, 2.75) is 6.42 Å². The third-order valence-corrected chi connectivity index (χ3v) is 2.02. The van der Waals surface area contributed by atoms with E-state index in [2.05, 4.69) is 0 Å². The first kappa shape index (κ1) is 7.64. The predicted octanol–water partition coefficient (Wildman–Crippen LogP) is -0.699. The van der Waals surface area contributed by atoms with Crippen molar-refractivity contribution < 1.29 is 14.8 Å². The minimum Gasteiger partial charge on any atom is -0.493 e. The van der Waals surface area contributed by atoms with Gasteiger partial charge in [0, 0.05) is 11.9 Å². The van der Waals surface area contributed by atoms with Crippen LogP contribution in [0.25, 0.3) is 0 Å². The molecule has 0 amide bonds. The molecule has 1 aromatic carbocycles. The summed E-state index contributed by atoms with van der Waals surface area (Å²) in [6, 6.07) is 5.41. The fraction of sp³-hybridized carbons (Fsp3) is 0.250. The highest BCUT2D eigenvalue weighted by molar-refractivity contribution is 6.59. The lowest BCUT2D eigenvalue weighted by Crippen LogP contribution is -2.30. The van der Waals surface area contributed by atoms with Crippen molar-refractivity contribution in [1.82, 2.24) is 0 Å². The van der Waals surface area contributed by atoms with E-state index >= 15 is 0 Å². The fourth-order valence-electron chi connectivity index (χ4n) is 1.44. The van der Waals surface area contributed by atoms with Crippen LogP contribution in [0.1, 0.15) is 5.56 Å². The minimum atomic E-state index is -1.43. The standard InChI is InChI=1S/C8H9BO3/c10-9(11)7-3-1-2-6-4-5-12-8(6)7/h1-3,10-11H,4-5H2. The lowest BCUT2D eigenvalue weighted by atomic mass is 9.79. The van der Waals surface area contributed by atoms with Crippen LogP contribution in [-0.2, 0) is 6.42 Å². The fourth-order valence-corrected chi connectivity index (χ4v) is 1.44. The van der Waals surface area contributed by atoms with Gasteiger partial charge in [0.05, 0.1) is 6.61 Å². The van der Waals surface area contributed by atoms with E-state index < -0.39 is 7.12 Å². The van der Waals surface area contributed by atoms with Gasteiger partial charge in [-0.25, -0.2) is 0 Å². The average Bonchev–Trinajstić information content (AvgIpc) is 2.49. The van der Waals surface area contributed by atoms with Crippen molar-refractivity contribution in [2.75, 3.05) is 6.61 Å². The van der Waals surface area contributed by atoms with Gasteiger partial charge in [-0.05, 0) is 5.56 Å². The Balaban J connectivity index is 2.49. The smallest absolute Gasteiger partial charge is 0.492 e. The Bertz CT molecular complexity index is 298. The molecule has 0 aliphatic carbocycles. The van der Waals surface area contributed by atoms with E-state index in [0.717, 1.165) is 12.0 Å². The summed E-state index contributed by atoms with van der Waals surface area (Å²) in [7, 11) is -1.43. The molecule has 62 valence electrons. The predicted molar refractivity (Wildman–Crippen MR) is 45.5 cm³/mol. The zero-order valence-electron chi connectivity index (χ0n) is 6.53. The highest BCUT2D eigenvalue weighted by atomic mass is 16.5. The van der Waals surface area contributed by atoms with Gasteiger partial charge >= 0.3 is 7.12 Å². The summed E-state index contributed by atoms with van der Waals surface area (Å²) < 4.78 is 5.27. The Hall–Kier alpha value is -0.995. The first-order valence-corrected chi connectivity index (χ1v) is 3.90. The molecule has 12 heavy (non-hydrogen) atoms. The Morgan fingerprint density at radius 2 is 2.17 bits per heavy atom. The molecule has 0 spiro atoms. The molecule has 1 aliphatic heterocycles. The summed E-state index contributed by atoms with van der Waals surface area (Å²) in [5, 5.41) is 17.9. The van der Waals surface area contributed by atoms with E-state index in [1.807, 2.05) is 12.1 Å². The topological polar surface area (TPSA) is 49.7 Å². The summed E-state index contributed by atoms with van der Waals surface area (Å²) in [6.07, 6.45) is 0.857. The van der Waals surface area contributed by atoms with E-state index in [-0.39, 0.29) is 0 Å². The quantitative estimate of drug-likeness (QED) is 0.539. The Labute approximate surface area is 70.8 Å². The van der Waals surface area contributed by atoms with Crippen LogP contribution in [0.15, 0.2) is 18.2 Å². The molecule has 0 fully saturated rings. The number of fused-ring (bicyclic) bond motifs is 1. The maximum Gasteiger partial charge on any atom is 0.492 e. The van der Waals surface area contributed by atoms with Crippen LogP contribution in [0.5, 0.6) is 5.75 Å². The molecule has 0 radical (unpaired) electrons. The number of benzene rings is 1. The molecule has 4 heteroatoms. The number of para-hydroxylation sites is 1. The van der Waals surface area contributed by atoms with Crippen LogP contribution in [0.3, 0.4) is 0 Å². The summed E-state index contributed by atoms with van der Waals surface area (Å²) in [5.41, 5.74) is 1.52. The van der Waals surface area contributed by atoms with Crippen molar-refractivity contribution in [3.8, 4) is 5.75 Å². The SMILES string of the molecule is OB(O)c1cccc2c1OCC2. The van der Waals surface area contributed by atoms with E-state index in [4.69, 9.17) is 14.8 Å². The molecule has 0 aromatic heterocycles. The van der Waals surface area contributed by atoms with Crippen LogP contribution in [0.4, 0.5) is 0 Å². The van der Waals surface area contributed by atoms with Gasteiger partial charge in [0.25, 0.3) is 0 Å². The zero-order valence-corrected chi connectivity index (χ0v) is 6.53. The highest BCUT2D eigenvalue weighted by Crippen LogP contribution is 2.22. The molecular weight excluding hydrogens is 155 g/mol. The molecule has 0 bridgehead atoms. The third-order valence-electron chi connectivity index (χ3n) is 2.02. The lowest BCUT2D eigenvalue weighted by Gasteiger charge is -2.05. The van der Waals surface area contributed by atoms with Crippen LogP contribution >= 0.6 is 0 Å². The Kier molecular flexibility index (Phi) is 1.79. The monoisotopic (exact) mass is 164 g/mol. The molecule has 1 aromatic rings. The maximum absolute atomic E-state index is 8.96. The molecule has 0 unspecified atom stereocenters. The average molecular weight is 164 g/mol. The van der Waals surface area contributed by atoms with Gasteiger partial charge in [-0.1, -0.05) is 18.2 Å². The Morgan fingerprint density at radius 3 is 2.92 bits per heavy atom. The molecule has 0 saturated carbocycles. The lowest BCUT2D eigenvalue weighted by molar-refractivity contribution is 0.356. The molecular formula is C8H9BO3. The minimum absolute atomic E-state index is 0.463. The maximum atomic E-state index is 8.96. The number of hydrogen-bond acceptors (Lipinski definition) is 3. The van der Waals surface area contributed by atoms with E-state index in [1.54, 1.807) is 6.07 Å². The van der Waals surface area contributed by atoms with Gasteiger partial charge in [-0.3, -0.25) is 0 Å². The van der Waals surface area contributed by atoms with E-state index in [0.29, 0.717) is 17.8 Å². The second kappa shape index (κ2) is 2.81. The second-order valence-electron chi connectivity index (χ2n) is 2.81. The molecule has 0 saturated heterocycles. The number of ether oxygens (including phenoxy) is 1. The molecule has 1 heterocycles. The molecule has 2 rings (SSSR count). The first-order chi connectivity index (χ1) is 5.79. The van der Waals surface area contributed by atoms with Crippen LogP contribution in [0, 0.1) is 0 Å². The van der Waals surface area contributed by atoms with Crippen LogP contribution in [0.2, 0.25) is 0 Å². The van der Waals surface area contributed by atoms with Gasteiger partial charge in [0.1, 0.15) is 5.75 Å². The number of rotatable bonds is 1. The van der Waals surface area contributed by atoms with E-state index in [1.165, 1.54) is 0 Å². The summed E-state index contributed by atoms with van der Waals surface area (Å²) >= 11 is 0. The zero-order chi connectivity index (χ0) is 8.55. The van der Waals surface area contributed by atoms with Crippen LogP contribution in [-0.4, -0.2) is 23.8 Å². The van der Waals surface area contributed by atoms with Gasteiger partial charge < -0.3 is 14.8 Å². The summed E-state index contributed by atoms with van der Waals surface area (Å²) in [4.78, 5) is 0. The van der Waals surface area contributed by atoms with Crippen LogP contribution < -0.4 is 10.2 Å². The normalized spacial score (nSPS) is 13.8. The molecule has 1 aliphatic rings. The summed E-state index contributed by atoms with van der Waals surface area (Å²) in [5.74, 6) is 0.646. The van der Waals surface area contributed by atoms with Crippen molar-refractivity contribution in [2.24, 2.45) is 0 Å². The van der Waals surface area contributed by atoms with E-state index in [9.17, 15) is 0 Å². The van der Waals surface area contributed by atoms with Crippen molar-refractivity contribution in [1.29, 1.82) is 0 Å². The van der Waals surface area contributed by atoms with Crippen molar-refractivity contribution >= 4 is 12.6 Å². The van der Waals surface area contributed by atoms with Gasteiger partial charge in [0.15, 0.2) is 0 Å².